The van der Waals surface area contributed by atoms with Crippen molar-refractivity contribution in [3.8, 4) is 0 Å². The zero-order valence-electron chi connectivity index (χ0n) is 20.7. The summed E-state index contributed by atoms with van der Waals surface area (Å²) in [6, 6.07) is 9.13. The highest BCUT2D eigenvalue weighted by molar-refractivity contribution is 6.19. The summed E-state index contributed by atoms with van der Waals surface area (Å²) in [6.45, 7) is 9.03. The zero-order chi connectivity index (χ0) is 23.8. The molecule has 0 aliphatic heterocycles. The Morgan fingerprint density at radius 3 is 1.62 bits per heavy atom. The molecule has 0 saturated carbocycles. The molecule has 0 bridgehead atoms. The molecule has 0 amide bonds. The molecular formula is C27H42O5. The van der Waals surface area contributed by atoms with Crippen molar-refractivity contribution in [3.05, 3.63) is 41.5 Å². The van der Waals surface area contributed by atoms with E-state index >= 15 is 0 Å². The zero-order valence-corrected chi connectivity index (χ0v) is 20.7. The van der Waals surface area contributed by atoms with Crippen molar-refractivity contribution in [2.45, 2.75) is 79.1 Å². The van der Waals surface area contributed by atoms with Crippen molar-refractivity contribution < 1.29 is 23.8 Å². The van der Waals surface area contributed by atoms with Crippen LogP contribution >= 0.6 is 0 Å². The fourth-order valence-corrected chi connectivity index (χ4v) is 3.55. The van der Waals surface area contributed by atoms with Crippen LogP contribution < -0.4 is 0 Å². The van der Waals surface area contributed by atoms with Crippen molar-refractivity contribution in [3.63, 3.8) is 0 Å². The molecule has 0 saturated heterocycles. The number of benzene rings is 1. The minimum absolute atomic E-state index is 0.172. The highest BCUT2D eigenvalue weighted by Crippen LogP contribution is 2.23. The van der Waals surface area contributed by atoms with Crippen LogP contribution in [-0.2, 0) is 23.8 Å². The molecule has 0 N–H and O–H groups in total. The van der Waals surface area contributed by atoms with E-state index in [2.05, 4.69) is 27.7 Å². The minimum atomic E-state index is -0.688. The van der Waals surface area contributed by atoms with E-state index in [0.29, 0.717) is 5.56 Å². The standard InChI is InChI=1S/C27H42O5/c1-6-10-15-21(8-3)19-31-26(28)24(25(30-5)23-17-13-12-14-18-23)27(29)32-20-22(9-4)16-11-7-2/h12-14,17-18,21-22H,6-11,15-16,19-20H2,1-5H3. The number of rotatable bonds is 16. The van der Waals surface area contributed by atoms with Gasteiger partial charge in [-0.1, -0.05) is 96.6 Å². The predicted octanol–water partition coefficient (Wildman–Crippen LogP) is 6.56. The quantitative estimate of drug-likeness (QED) is 0.0945. The first-order valence-corrected chi connectivity index (χ1v) is 12.2. The Bertz CT molecular complexity index is 661. The minimum Gasteiger partial charge on any atom is -0.495 e. The van der Waals surface area contributed by atoms with Crippen LogP contribution in [0.1, 0.15) is 84.6 Å². The molecule has 0 aromatic heterocycles. The summed E-state index contributed by atoms with van der Waals surface area (Å²) in [7, 11) is 1.45. The molecule has 0 aliphatic rings. The lowest BCUT2D eigenvalue weighted by Gasteiger charge is -2.18. The van der Waals surface area contributed by atoms with E-state index in [1.807, 2.05) is 18.2 Å². The molecule has 1 rings (SSSR count). The largest absolute Gasteiger partial charge is 0.495 e. The van der Waals surface area contributed by atoms with E-state index in [1.54, 1.807) is 12.1 Å². The van der Waals surface area contributed by atoms with Gasteiger partial charge in [0.25, 0.3) is 0 Å². The van der Waals surface area contributed by atoms with Gasteiger partial charge in [-0.05, 0) is 24.7 Å². The van der Waals surface area contributed by atoms with Crippen LogP contribution in [0, 0.1) is 11.8 Å². The van der Waals surface area contributed by atoms with Crippen LogP contribution in [-0.4, -0.2) is 32.3 Å². The van der Waals surface area contributed by atoms with Crippen molar-refractivity contribution in [2.75, 3.05) is 20.3 Å². The molecule has 5 heteroatoms. The number of ether oxygens (including phenoxy) is 3. The lowest BCUT2D eigenvalue weighted by atomic mass is 10.0. The Labute approximate surface area is 194 Å². The molecule has 180 valence electrons. The normalized spacial score (nSPS) is 12.5. The molecule has 5 nitrogen and oxygen atoms in total. The van der Waals surface area contributed by atoms with Gasteiger partial charge in [-0.15, -0.1) is 0 Å². The molecule has 0 fully saturated rings. The Morgan fingerprint density at radius 2 is 1.25 bits per heavy atom. The second-order valence-corrected chi connectivity index (χ2v) is 8.30. The highest BCUT2D eigenvalue weighted by Gasteiger charge is 2.29. The lowest BCUT2D eigenvalue weighted by Crippen LogP contribution is -2.24. The second-order valence-electron chi connectivity index (χ2n) is 8.30. The van der Waals surface area contributed by atoms with E-state index in [-0.39, 0.29) is 36.4 Å². The number of carbonyl (C=O) groups excluding carboxylic acids is 2. The van der Waals surface area contributed by atoms with Gasteiger partial charge < -0.3 is 14.2 Å². The number of methoxy groups -OCH3 is 1. The van der Waals surface area contributed by atoms with Crippen molar-refractivity contribution in [1.29, 1.82) is 0 Å². The van der Waals surface area contributed by atoms with Crippen LogP contribution in [0.25, 0.3) is 5.76 Å². The van der Waals surface area contributed by atoms with Gasteiger partial charge in [0.1, 0.15) is 5.76 Å². The summed E-state index contributed by atoms with van der Waals surface area (Å²) in [5.41, 5.74) is 0.462. The third-order valence-corrected chi connectivity index (χ3v) is 5.86. The van der Waals surface area contributed by atoms with Gasteiger partial charge in [0.15, 0.2) is 5.57 Å². The van der Waals surface area contributed by atoms with E-state index < -0.39 is 11.9 Å². The maximum absolute atomic E-state index is 13.1. The first-order valence-electron chi connectivity index (χ1n) is 12.2. The van der Waals surface area contributed by atoms with Gasteiger partial charge >= 0.3 is 11.9 Å². The summed E-state index contributed by atoms with van der Waals surface area (Å²) < 4.78 is 16.7. The number of hydrogen-bond donors (Lipinski definition) is 0. The summed E-state index contributed by atoms with van der Waals surface area (Å²) >= 11 is 0. The summed E-state index contributed by atoms with van der Waals surface area (Å²) in [6.07, 6.45) is 8.20. The smallest absolute Gasteiger partial charge is 0.349 e. The van der Waals surface area contributed by atoms with Crippen molar-refractivity contribution in [2.24, 2.45) is 11.8 Å². The monoisotopic (exact) mass is 446 g/mol. The average Bonchev–Trinajstić information content (AvgIpc) is 2.82. The van der Waals surface area contributed by atoms with E-state index in [1.165, 1.54) is 7.11 Å². The van der Waals surface area contributed by atoms with Gasteiger partial charge in [0, 0.05) is 5.56 Å². The molecule has 0 radical (unpaired) electrons. The summed E-state index contributed by atoms with van der Waals surface area (Å²) in [5, 5.41) is 0. The molecule has 1 aromatic carbocycles. The van der Waals surface area contributed by atoms with Gasteiger partial charge in [-0.3, -0.25) is 0 Å². The van der Waals surface area contributed by atoms with Crippen molar-refractivity contribution >= 4 is 17.7 Å². The Morgan fingerprint density at radius 1 is 0.781 bits per heavy atom. The Kier molecular flexibility index (Phi) is 14.2. The summed E-state index contributed by atoms with van der Waals surface area (Å²) in [4.78, 5) is 26.2. The van der Waals surface area contributed by atoms with Crippen LogP contribution in [0.15, 0.2) is 35.9 Å². The fraction of sp³-hybridized carbons (Fsp3) is 0.630. The maximum Gasteiger partial charge on any atom is 0.349 e. The van der Waals surface area contributed by atoms with Gasteiger partial charge in [0.05, 0.1) is 20.3 Å². The molecular weight excluding hydrogens is 404 g/mol. The predicted molar refractivity (Wildman–Crippen MR) is 129 cm³/mol. The SMILES string of the molecule is CCCCC(CC)COC(=O)C(C(=O)OCC(CC)CCCC)=C(OC)c1ccccc1. The van der Waals surface area contributed by atoms with Crippen LogP contribution in [0.5, 0.6) is 0 Å². The first-order chi connectivity index (χ1) is 15.5. The summed E-state index contributed by atoms with van der Waals surface area (Å²) in [5.74, 6) is -0.641. The highest BCUT2D eigenvalue weighted by atomic mass is 16.6. The molecule has 32 heavy (non-hydrogen) atoms. The Balaban J connectivity index is 3.09. The van der Waals surface area contributed by atoms with Crippen molar-refractivity contribution in [1.82, 2.24) is 0 Å². The second kappa shape index (κ2) is 16.3. The van der Waals surface area contributed by atoms with Crippen LogP contribution in [0.4, 0.5) is 0 Å². The molecule has 0 aliphatic carbocycles. The third kappa shape index (κ3) is 9.46. The number of carbonyl (C=O) groups is 2. The number of unbranched alkanes of at least 4 members (excludes halogenated alkanes) is 2. The molecule has 1 aromatic rings. The maximum atomic E-state index is 13.1. The van der Waals surface area contributed by atoms with Gasteiger partial charge in [0.2, 0.25) is 0 Å². The van der Waals surface area contributed by atoms with E-state index in [4.69, 9.17) is 14.2 Å². The van der Waals surface area contributed by atoms with Crippen LogP contribution in [0.2, 0.25) is 0 Å². The molecule has 2 atom stereocenters. The van der Waals surface area contributed by atoms with Gasteiger partial charge in [-0.25, -0.2) is 9.59 Å². The van der Waals surface area contributed by atoms with E-state index in [9.17, 15) is 9.59 Å². The lowest BCUT2D eigenvalue weighted by molar-refractivity contribution is -0.148. The van der Waals surface area contributed by atoms with E-state index in [0.717, 1.165) is 51.4 Å². The third-order valence-electron chi connectivity index (χ3n) is 5.86. The fourth-order valence-electron chi connectivity index (χ4n) is 3.55. The average molecular weight is 447 g/mol. The molecule has 2 unspecified atom stereocenters. The van der Waals surface area contributed by atoms with Crippen LogP contribution in [0.3, 0.4) is 0 Å². The number of hydrogen-bond acceptors (Lipinski definition) is 5. The first kappa shape index (κ1) is 27.7. The number of esters is 2. The Hall–Kier alpha value is -2.30. The molecule has 0 heterocycles. The topological polar surface area (TPSA) is 61.8 Å². The van der Waals surface area contributed by atoms with Gasteiger partial charge in [-0.2, -0.15) is 0 Å². The molecule has 0 spiro atoms.